The lowest BCUT2D eigenvalue weighted by Crippen LogP contribution is -2.33. The summed E-state index contributed by atoms with van der Waals surface area (Å²) in [5.74, 6) is -1.07. The minimum absolute atomic E-state index is 0.159. The number of benzene rings is 2. The molecule has 2 heterocycles. The van der Waals surface area contributed by atoms with Crippen LogP contribution in [0, 0.1) is 0 Å². The number of hydrogen-bond donors (Lipinski definition) is 3. The van der Waals surface area contributed by atoms with E-state index in [1.807, 2.05) is 36.4 Å². The van der Waals surface area contributed by atoms with Crippen molar-refractivity contribution in [3.8, 4) is 0 Å². The number of aliphatic carboxylic acids is 1. The standard InChI is InChI=1S/C24H22N4O4S/c29-19-12-20(28-23(26-15-27-28)22(19)24(32)25-13-21(30)31)33-14-18(17-9-5-2-6-10-17)11-16-7-3-1-4-8-16/h1-10,12,15,18H,11,13-14H2,(H,25,32)(H,26,27)(H,30,31). The number of pyridine rings is 1. The van der Waals surface area contributed by atoms with Gasteiger partial charge in [0.05, 0.1) is 0 Å². The molecule has 0 radical (unpaired) electrons. The molecule has 168 valence electrons. The first-order valence-electron chi connectivity index (χ1n) is 10.3. The van der Waals surface area contributed by atoms with Gasteiger partial charge in [0.25, 0.3) is 5.91 Å². The molecule has 2 aromatic carbocycles. The molecule has 0 spiro atoms. The fraction of sp³-hybridized carbons (Fsp3) is 0.167. The SMILES string of the molecule is O=C(O)CNC(=O)c1c(=O)cc(SCC(Cc2ccccc2)c2ccccc2)n2[nH]cnc12. The summed E-state index contributed by atoms with van der Waals surface area (Å²) in [4.78, 5) is 40.0. The zero-order chi connectivity index (χ0) is 23.2. The number of fused-ring (bicyclic) bond motifs is 1. The second kappa shape index (κ2) is 10.2. The third-order valence-corrected chi connectivity index (χ3v) is 6.35. The number of carboxylic acid groups (broad SMARTS) is 1. The number of thioether (sulfide) groups is 1. The minimum atomic E-state index is -1.20. The van der Waals surface area contributed by atoms with Crippen LogP contribution in [0.2, 0.25) is 0 Å². The maximum Gasteiger partial charge on any atom is 0.322 e. The predicted octanol–water partition coefficient (Wildman–Crippen LogP) is 2.96. The van der Waals surface area contributed by atoms with E-state index in [-0.39, 0.29) is 17.1 Å². The highest BCUT2D eigenvalue weighted by molar-refractivity contribution is 7.99. The zero-order valence-corrected chi connectivity index (χ0v) is 18.4. The Kier molecular flexibility index (Phi) is 6.89. The highest BCUT2D eigenvalue weighted by atomic mass is 32.2. The third kappa shape index (κ3) is 5.32. The van der Waals surface area contributed by atoms with Gasteiger partial charge in [0, 0.05) is 11.8 Å². The molecule has 1 amide bonds. The van der Waals surface area contributed by atoms with Gasteiger partial charge in [-0.15, -0.1) is 11.8 Å². The van der Waals surface area contributed by atoms with E-state index in [1.165, 1.54) is 35.3 Å². The number of nitrogens with zero attached hydrogens (tertiary/aromatic N) is 2. The van der Waals surface area contributed by atoms with E-state index in [0.717, 1.165) is 6.42 Å². The van der Waals surface area contributed by atoms with Crippen molar-refractivity contribution in [3.63, 3.8) is 0 Å². The summed E-state index contributed by atoms with van der Waals surface area (Å²) in [6, 6.07) is 21.8. The summed E-state index contributed by atoms with van der Waals surface area (Å²) in [6.45, 7) is -0.580. The number of nitrogens with one attached hydrogen (secondary N) is 2. The second-order valence-corrected chi connectivity index (χ2v) is 8.49. The van der Waals surface area contributed by atoms with Gasteiger partial charge in [-0.05, 0) is 23.5 Å². The van der Waals surface area contributed by atoms with Gasteiger partial charge in [-0.25, -0.2) is 9.50 Å². The molecule has 0 fully saturated rings. The van der Waals surface area contributed by atoms with E-state index >= 15 is 0 Å². The average Bonchev–Trinajstić information content (AvgIpc) is 3.31. The van der Waals surface area contributed by atoms with E-state index in [0.29, 0.717) is 10.8 Å². The fourth-order valence-electron chi connectivity index (χ4n) is 3.62. The normalized spacial score (nSPS) is 11.9. The number of aromatic amines is 1. The third-order valence-electron chi connectivity index (χ3n) is 5.19. The van der Waals surface area contributed by atoms with Crippen molar-refractivity contribution in [2.24, 2.45) is 0 Å². The zero-order valence-electron chi connectivity index (χ0n) is 17.6. The smallest absolute Gasteiger partial charge is 0.322 e. The average molecular weight is 463 g/mol. The second-order valence-electron chi connectivity index (χ2n) is 7.45. The largest absolute Gasteiger partial charge is 0.480 e. The van der Waals surface area contributed by atoms with Gasteiger partial charge in [-0.2, -0.15) is 0 Å². The Hall–Kier alpha value is -3.85. The summed E-state index contributed by atoms with van der Waals surface area (Å²) in [5.41, 5.74) is 1.89. The molecule has 4 rings (SSSR count). The molecule has 0 saturated heterocycles. The maximum absolute atomic E-state index is 12.8. The van der Waals surface area contributed by atoms with Crippen molar-refractivity contribution in [2.45, 2.75) is 17.4 Å². The Balaban J connectivity index is 1.60. The van der Waals surface area contributed by atoms with Crippen LogP contribution in [0.25, 0.3) is 5.65 Å². The lowest BCUT2D eigenvalue weighted by Gasteiger charge is -2.18. The lowest BCUT2D eigenvalue weighted by atomic mass is 9.94. The summed E-state index contributed by atoms with van der Waals surface area (Å²) in [6.07, 6.45) is 2.24. The number of H-pyrrole nitrogens is 1. The van der Waals surface area contributed by atoms with Crippen LogP contribution in [0.1, 0.15) is 27.4 Å². The molecule has 0 aliphatic rings. The van der Waals surface area contributed by atoms with Crippen LogP contribution in [-0.2, 0) is 11.2 Å². The van der Waals surface area contributed by atoms with Crippen LogP contribution < -0.4 is 10.7 Å². The maximum atomic E-state index is 12.8. The molecular formula is C24H22N4O4S. The number of carboxylic acids is 1. The Morgan fingerprint density at radius 2 is 1.79 bits per heavy atom. The van der Waals surface area contributed by atoms with Gasteiger partial charge >= 0.3 is 5.97 Å². The summed E-state index contributed by atoms with van der Waals surface area (Å²) in [5, 5.41) is 14.6. The summed E-state index contributed by atoms with van der Waals surface area (Å²) >= 11 is 1.50. The first-order chi connectivity index (χ1) is 16.0. The lowest BCUT2D eigenvalue weighted by molar-refractivity contribution is -0.135. The van der Waals surface area contributed by atoms with Gasteiger partial charge in [-0.1, -0.05) is 60.7 Å². The molecule has 9 heteroatoms. The van der Waals surface area contributed by atoms with Crippen molar-refractivity contribution in [3.05, 3.63) is 100.0 Å². The monoisotopic (exact) mass is 462 g/mol. The minimum Gasteiger partial charge on any atom is -0.480 e. The van der Waals surface area contributed by atoms with E-state index < -0.39 is 23.9 Å². The molecule has 0 bridgehead atoms. The highest BCUT2D eigenvalue weighted by Crippen LogP contribution is 2.29. The quantitative estimate of drug-likeness (QED) is 0.329. The van der Waals surface area contributed by atoms with E-state index in [9.17, 15) is 14.4 Å². The Morgan fingerprint density at radius 1 is 1.09 bits per heavy atom. The van der Waals surface area contributed by atoms with E-state index in [2.05, 4.69) is 39.7 Å². The van der Waals surface area contributed by atoms with Crippen molar-refractivity contribution < 1.29 is 14.7 Å². The number of amides is 1. The molecule has 1 unspecified atom stereocenters. The van der Waals surface area contributed by atoms with Gasteiger partial charge in [0.1, 0.15) is 23.5 Å². The van der Waals surface area contributed by atoms with Crippen LogP contribution in [0.3, 0.4) is 0 Å². The van der Waals surface area contributed by atoms with Crippen LogP contribution >= 0.6 is 11.8 Å². The van der Waals surface area contributed by atoms with Crippen LogP contribution in [-0.4, -0.2) is 43.9 Å². The number of rotatable bonds is 9. The van der Waals surface area contributed by atoms with Crippen molar-refractivity contribution in [2.75, 3.05) is 12.3 Å². The summed E-state index contributed by atoms with van der Waals surface area (Å²) < 4.78 is 1.58. The van der Waals surface area contributed by atoms with Crippen molar-refractivity contribution in [1.29, 1.82) is 0 Å². The Labute approximate surface area is 193 Å². The summed E-state index contributed by atoms with van der Waals surface area (Å²) in [7, 11) is 0. The van der Waals surface area contributed by atoms with Gasteiger partial charge in [-0.3, -0.25) is 19.5 Å². The molecule has 1 atom stereocenters. The predicted molar refractivity (Wildman–Crippen MR) is 126 cm³/mol. The molecule has 3 N–H and O–H groups in total. The van der Waals surface area contributed by atoms with Crippen LogP contribution in [0.15, 0.2) is 82.9 Å². The molecule has 8 nitrogen and oxygen atoms in total. The van der Waals surface area contributed by atoms with Crippen LogP contribution in [0.5, 0.6) is 0 Å². The van der Waals surface area contributed by atoms with E-state index in [4.69, 9.17) is 5.11 Å². The Bertz CT molecular complexity index is 1320. The molecule has 0 aliphatic carbocycles. The topological polar surface area (TPSA) is 117 Å². The molecule has 2 aromatic heterocycles. The highest BCUT2D eigenvalue weighted by Gasteiger charge is 2.21. The molecule has 0 saturated carbocycles. The van der Waals surface area contributed by atoms with Crippen LogP contribution in [0.4, 0.5) is 0 Å². The number of carbonyl (C=O) groups excluding carboxylic acids is 1. The van der Waals surface area contributed by atoms with Gasteiger partial charge < -0.3 is 10.4 Å². The molecule has 4 aromatic rings. The molecular weight excluding hydrogens is 440 g/mol. The van der Waals surface area contributed by atoms with E-state index in [1.54, 1.807) is 4.52 Å². The fourth-order valence-corrected chi connectivity index (χ4v) is 4.76. The Morgan fingerprint density at radius 3 is 2.48 bits per heavy atom. The van der Waals surface area contributed by atoms with Gasteiger partial charge in [0.15, 0.2) is 11.1 Å². The first kappa shape index (κ1) is 22.3. The number of hydrogen-bond acceptors (Lipinski definition) is 5. The first-order valence-corrected chi connectivity index (χ1v) is 11.3. The van der Waals surface area contributed by atoms with Crippen molar-refractivity contribution in [1.82, 2.24) is 19.9 Å². The number of aromatic nitrogens is 3. The van der Waals surface area contributed by atoms with Gasteiger partial charge in [0.2, 0.25) is 0 Å². The molecule has 0 aliphatic heterocycles. The molecule has 33 heavy (non-hydrogen) atoms. The number of carbonyl (C=O) groups is 2. The van der Waals surface area contributed by atoms with Crippen molar-refractivity contribution >= 4 is 29.3 Å².